The number of fused-ring (bicyclic) bond motifs is 1. The summed E-state index contributed by atoms with van der Waals surface area (Å²) in [6.45, 7) is 6.79. The van der Waals surface area contributed by atoms with Crippen LogP contribution in [0.3, 0.4) is 0 Å². The molecule has 0 spiro atoms. The van der Waals surface area contributed by atoms with Crippen LogP contribution < -0.4 is 0 Å². The lowest BCUT2D eigenvalue weighted by molar-refractivity contribution is 0.221. The monoisotopic (exact) mass is 333 g/mol. The van der Waals surface area contributed by atoms with E-state index >= 15 is 0 Å². The second-order valence-electron chi connectivity index (χ2n) is 5.16. The van der Waals surface area contributed by atoms with Crippen molar-refractivity contribution in [2.75, 3.05) is 25.9 Å². The van der Waals surface area contributed by atoms with E-state index in [1.807, 2.05) is 39.0 Å². The van der Waals surface area contributed by atoms with Crippen LogP contribution in [0.25, 0.3) is 10.8 Å². The molecular weight excluding hydrogens is 309 g/mol. The summed E-state index contributed by atoms with van der Waals surface area (Å²) < 4.78 is 23.0. The van der Waals surface area contributed by atoms with Crippen LogP contribution in [-0.4, -0.2) is 31.6 Å². The predicted molar refractivity (Wildman–Crippen MR) is 96.8 cm³/mol. The van der Waals surface area contributed by atoms with Crippen molar-refractivity contribution in [3.8, 4) is 0 Å². The lowest BCUT2D eigenvalue weighted by Gasteiger charge is -2.16. The fraction of sp³-hybridized carbons (Fsp3) is 0.389. The van der Waals surface area contributed by atoms with Crippen molar-refractivity contribution in [1.29, 1.82) is 0 Å². The Morgan fingerprint density at radius 2 is 1.70 bits per heavy atom. The van der Waals surface area contributed by atoms with Crippen LogP contribution in [0, 0.1) is 0 Å². The average molecular weight is 333 g/mol. The van der Waals surface area contributed by atoms with E-state index in [4.69, 9.17) is 9.05 Å². The molecule has 124 valence electrons. The minimum absolute atomic E-state index is 0.302. The van der Waals surface area contributed by atoms with E-state index in [1.54, 1.807) is 0 Å². The summed E-state index contributed by atoms with van der Waals surface area (Å²) in [5, 5.41) is 2.36. The summed E-state index contributed by atoms with van der Waals surface area (Å²) >= 11 is 0. The first kappa shape index (κ1) is 17.9. The Morgan fingerprint density at radius 3 is 2.39 bits per heavy atom. The van der Waals surface area contributed by atoms with Gasteiger partial charge in [-0.25, -0.2) is 0 Å². The number of nitrogens with zero attached hydrogens (tertiary/aromatic N) is 1. The molecule has 0 saturated carbocycles. The first-order valence-corrected chi connectivity index (χ1v) is 9.69. The minimum Gasteiger partial charge on any atom is -0.309 e. The van der Waals surface area contributed by atoms with Crippen LogP contribution in [0.4, 0.5) is 0 Å². The maximum Gasteiger partial charge on any atom is 0.332 e. The highest BCUT2D eigenvalue weighted by molar-refractivity contribution is 7.53. The molecule has 0 fully saturated rings. The van der Waals surface area contributed by atoms with Gasteiger partial charge in [-0.05, 0) is 31.5 Å². The maximum absolute atomic E-state index is 12.4. The molecule has 0 atom stereocenters. The molecule has 0 heterocycles. The summed E-state index contributed by atoms with van der Waals surface area (Å²) in [7, 11) is -3.02. The number of hydrogen-bond donors (Lipinski definition) is 0. The third kappa shape index (κ3) is 4.74. The van der Waals surface area contributed by atoms with E-state index in [0.717, 1.165) is 11.3 Å². The smallest absolute Gasteiger partial charge is 0.309 e. The molecule has 0 bridgehead atoms. The van der Waals surface area contributed by atoms with E-state index in [1.165, 1.54) is 10.8 Å². The van der Waals surface area contributed by atoms with Crippen LogP contribution in [0.1, 0.15) is 26.3 Å². The van der Waals surface area contributed by atoms with E-state index in [0.29, 0.717) is 25.9 Å². The molecule has 2 aromatic carbocycles. The van der Waals surface area contributed by atoms with Gasteiger partial charge in [-0.2, -0.15) is 0 Å². The van der Waals surface area contributed by atoms with Gasteiger partial charge in [0.15, 0.2) is 0 Å². The average Bonchev–Trinajstić information content (AvgIpc) is 2.54. The minimum atomic E-state index is -3.02. The first-order valence-electron chi connectivity index (χ1n) is 7.97. The van der Waals surface area contributed by atoms with E-state index < -0.39 is 7.60 Å². The summed E-state index contributed by atoms with van der Waals surface area (Å²) in [5.41, 5.74) is 2.03. The van der Waals surface area contributed by atoms with Crippen LogP contribution >= 0.6 is 7.60 Å². The van der Waals surface area contributed by atoms with Crippen molar-refractivity contribution in [3.63, 3.8) is 0 Å². The zero-order valence-electron chi connectivity index (χ0n) is 14.0. The SMILES string of the molecule is CCOP(=O)(CCN=C(C)c1cccc2ccccc12)OCC. The van der Waals surface area contributed by atoms with Gasteiger partial charge < -0.3 is 9.05 Å². The fourth-order valence-corrected chi connectivity index (χ4v) is 3.99. The van der Waals surface area contributed by atoms with Crippen molar-refractivity contribution in [2.24, 2.45) is 4.99 Å². The van der Waals surface area contributed by atoms with Gasteiger partial charge in [0.25, 0.3) is 0 Å². The zero-order chi connectivity index (χ0) is 16.7. The first-order chi connectivity index (χ1) is 11.1. The lowest BCUT2D eigenvalue weighted by Crippen LogP contribution is -2.05. The van der Waals surface area contributed by atoms with Gasteiger partial charge in [0.05, 0.1) is 25.9 Å². The largest absolute Gasteiger partial charge is 0.332 e. The molecule has 5 heteroatoms. The van der Waals surface area contributed by atoms with Gasteiger partial charge in [-0.3, -0.25) is 9.56 Å². The number of hydrogen-bond acceptors (Lipinski definition) is 4. The molecule has 2 rings (SSSR count). The zero-order valence-corrected chi connectivity index (χ0v) is 14.9. The van der Waals surface area contributed by atoms with Gasteiger partial charge in [0, 0.05) is 11.3 Å². The van der Waals surface area contributed by atoms with Crippen LogP contribution in [0.2, 0.25) is 0 Å². The molecule has 0 aliphatic carbocycles. The number of rotatable bonds is 8. The highest BCUT2D eigenvalue weighted by Crippen LogP contribution is 2.47. The van der Waals surface area contributed by atoms with Gasteiger partial charge in [0.1, 0.15) is 0 Å². The normalized spacial score (nSPS) is 12.7. The standard InChI is InChI=1S/C18H24NO3P/c1-4-21-23(20,22-5-2)14-13-19-15(3)17-12-8-10-16-9-6-7-11-18(16)17/h6-12H,4-5,13-14H2,1-3H3. The molecule has 0 saturated heterocycles. The van der Waals surface area contributed by atoms with Gasteiger partial charge in [-0.15, -0.1) is 0 Å². The molecule has 2 aromatic rings. The van der Waals surface area contributed by atoms with Crippen molar-refractivity contribution >= 4 is 24.1 Å². The van der Waals surface area contributed by atoms with E-state index in [9.17, 15) is 4.57 Å². The van der Waals surface area contributed by atoms with Crippen molar-refractivity contribution < 1.29 is 13.6 Å². The Bertz CT molecular complexity index is 712. The molecule has 4 nitrogen and oxygen atoms in total. The Morgan fingerprint density at radius 1 is 1.04 bits per heavy atom. The van der Waals surface area contributed by atoms with Gasteiger partial charge >= 0.3 is 7.60 Å². The van der Waals surface area contributed by atoms with Gasteiger partial charge in [0.2, 0.25) is 0 Å². The Labute approximate surface area is 138 Å². The highest BCUT2D eigenvalue weighted by Gasteiger charge is 2.22. The Hall–Kier alpha value is -1.48. The van der Waals surface area contributed by atoms with Crippen LogP contribution in [-0.2, 0) is 13.6 Å². The molecular formula is C18H24NO3P. The number of aliphatic imine (C=N–C) groups is 1. The fourth-order valence-electron chi connectivity index (χ4n) is 2.53. The lowest BCUT2D eigenvalue weighted by atomic mass is 10.0. The quantitative estimate of drug-likeness (QED) is 0.509. The molecule has 0 N–H and O–H groups in total. The van der Waals surface area contributed by atoms with Gasteiger partial charge in [-0.1, -0.05) is 42.5 Å². The number of benzene rings is 2. The topological polar surface area (TPSA) is 47.9 Å². The van der Waals surface area contributed by atoms with Crippen LogP contribution in [0.5, 0.6) is 0 Å². The second kappa shape index (κ2) is 8.39. The van der Waals surface area contributed by atoms with Crippen molar-refractivity contribution in [3.05, 3.63) is 48.0 Å². The summed E-state index contributed by atoms with van der Waals surface area (Å²) in [5.74, 6) is 0. The van der Waals surface area contributed by atoms with Crippen molar-refractivity contribution in [1.82, 2.24) is 0 Å². The van der Waals surface area contributed by atoms with E-state index in [2.05, 4.69) is 29.3 Å². The Balaban J connectivity index is 2.14. The molecule has 0 unspecified atom stereocenters. The van der Waals surface area contributed by atoms with E-state index in [-0.39, 0.29) is 0 Å². The second-order valence-corrected chi connectivity index (χ2v) is 7.35. The molecule has 0 amide bonds. The third-order valence-corrected chi connectivity index (χ3v) is 5.60. The summed E-state index contributed by atoms with van der Waals surface area (Å²) in [6, 6.07) is 14.4. The van der Waals surface area contributed by atoms with Crippen LogP contribution in [0.15, 0.2) is 47.5 Å². The highest BCUT2D eigenvalue weighted by atomic mass is 31.2. The summed E-state index contributed by atoms with van der Waals surface area (Å²) in [4.78, 5) is 4.58. The third-order valence-electron chi connectivity index (χ3n) is 3.55. The maximum atomic E-state index is 12.4. The molecule has 0 aromatic heterocycles. The molecule has 23 heavy (non-hydrogen) atoms. The summed E-state index contributed by atoms with van der Waals surface area (Å²) in [6.07, 6.45) is 0.302. The molecule has 0 aliphatic rings. The molecule has 0 radical (unpaired) electrons. The Kier molecular flexibility index (Phi) is 6.52. The molecule has 0 aliphatic heterocycles. The predicted octanol–water partition coefficient (Wildman–Crippen LogP) is 4.91. The van der Waals surface area contributed by atoms with Crippen molar-refractivity contribution in [2.45, 2.75) is 20.8 Å².